The molecule has 1 aromatic carbocycles. The van der Waals surface area contributed by atoms with Gasteiger partial charge in [-0.2, -0.15) is 17.0 Å². The van der Waals surface area contributed by atoms with E-state index in [4.69, 9.17) is 10.00 Å². The van der Waals surface area contributed by atoms with Crippen LogP contribution in [0.1, 0.15) is 24.8 Å². The Kier molecular flexibility index (Phi) is 5.31. The van der Waals surface area contributed by atoms with E-state index in [9.17, 15) is 4.79 Å². The molecule has 0 aliphatic heterocycles. The first-order chi connectivity index (χ1) is 9.72. The molecule has 1 aliphatic carbocycles. The van der Waals surface area contributed by atoms with Crippen molar-refractivity contribution in [3.05, 3.63) is 29.8 Å². The van der Waals surface area contributed by atoms with E-state index in [-0.39, 0.29) is 18.6 Å². The second kappa shape index (κ2) is 7.20. The monoisotopic (exact) mass is 290 g/mol. The summed E-state index contributed by atoms with van der Waals surface area (Å²) in [6, 6.07) is 9.24. The summed E-state index contributed by atoms with van der Waals surface area (Å²) >= 11 is 1.86. The van der Waals surface area contributed by atoms with Crippen LogP contribution >= 0.6 is 11.8 Å². The van der Waals surface area contributed by atoms with E-state index in [1.807, 2.05) is 17.8 Å². The molecule has 2 unspecified atom stereocenters. The van der Waals surface area contributed by atoms with Gasteiger partial charge in [-0.25, -0.2) is 0 Å². The van der Waals surface area contributed by atoms with Gasteiger partial charge < -0.3 is 10.1 Å². The van der Waals surface area contributed by atoms with Crippen LogP contribution in [0.2, 0.25) is 0 Å². The first-order valence-corrected chi connectivity index (χ1v) is 7.95. The molecule has 5 heteroatoms. The smallest absolute Gasteiger partial charge is 0.258 e. The number of hydrogen-bond acceptors (Lipinski definition) is 4. The van der Waals surface area contributed by atoms with Gasteiger partial charge in [0.1, 0.15) is 11.8 Å². The lowest BCUT2D eigenvalue weighted by atomic mass is 10.2. The Morgan fingerprint density at radius 3 is 3.00 bits per heavy atom. The van der Waals surface area contributed by atoms with Crippen LogP contribution in [0.5, 0.6) is 5.75 Å². The van der Waals surface area contributed by atoms with Crippen molar-refractivity contribution in [1.29, 1.82) is 5.26 Å². The van der Waals surface area contributed by atoms with Crippen LogP contribution in [0.25, 0.3) is 0 Å². The molecule has 2 rings (SSSR count). The van der Waals surface area contributed by atoms with Gasteiger partial charge >= 0.3 is 0 Å². The second-order valence-corrected chi connectivity index (χ2v) is 5.97. The summed E-state index contributed by atoms with van der Waals surface area (Å²) in [4.78, 5) is 11.8. The highest BCUT2D eigenvalue weighted by Gasteiger charge is 2.25. The Balaban J connectivity index is 1.80. The minimum Gasteiger partial charge on any atom is -0.482 e. The number of amides is 1. The molecule has 1 N–H and O–H groups in total. The number of rotatable bonds is 5. The number of benzene rings is 1. The van der Waals surface area contributed by atoms with Crippen LogP contribution in [-0.4, -0.2) is 30.1 Å². The van der Waals surface area contributed by atoms with Gasteiger partial charge in [0.15, 0.2) is 6.61 Å². The van der Waals surface area contributed by atoms with E-state index >= 15 is 0 Å². The maximum atomic E-state index is 11.8. The van der Waals surface area contributed by atoms with E-state index in [1.165, 1.54) is 0 Å². The fourth-order valence-electron chi connectivity index (χ4n) is 2.38. The summed E-state index contributed by atoms with van der Waals surface area (Å²) < 4.78 is 5.41. The Hall–Kier alpha value is -1.67. The average molecular weight is 290 g/mol. The van der Waals surface area contributed by atoms with Crippen molar-refractivity contribution < 1.29 is 9.53 Å². The number of carbonyl (C=O) groups is 1. The summed E-state index contributed by atoms with van der Waals surface area (Å²) in [5, 5.41) is 12.6. The average Bonchev–Trinajstić information content (AvgIpc) is 2.93. The Bertz CT molecular complexity index is 513. The molecule has 20 heavy (non-hydrogen) atoms. The number of hydrogen-bond donors (Lipinski definition) is 1. The van der Waals surface area contributed by atoms with Crippen molar-refractivity contribution in [3.63, 3.8) is 0 Å². The van der Waals surface area contributed by atoms with Crippen LogP contribution in [0.15, 0.2) is 24.3 Å². The van der Waals surface area contributed by atoms with Gasteiger partial charge in [0.2, 0.25) is 0 Å². The van der Waals surface area contributed by atoms with Crippen molar-refractivity contribution in [2.45, 2.75) is 30.6 Å². The summed E-state index contributed by atoms with van der Waals surface area (Å²) in [5.74, 6) is 0.336. The van der Waals surface area contributed by atoms with Gasteiger partial charge in [0, 0.05) is 11.3 Å². The zero-order valence-corrected chi connectivity index (χ0v) is 12.3. The lowest BCUT2D eigenvalue weighted by Crippen LogP contribution is -2.36. The molecule has 1 saturated carbocycles. The second-order valence-electron chi connectivity index (χ2n) is 4.83. The molecule has 0 heterocycles. The minimum atomic E-state index is -0.121. The Morgan fingerprint density at radius 1 is 1.50 bits per heavy atom. The van der Waals surface area contributed by atoms with E-state index in [0.717, 1.165) is 19.3 Å². The molecule has 1 aromatic rings. The number of nitriles is 1. The molecule has 0 bridgehead atoms. The fourth-order valence-corrected chi connectivity index (χ4v) is 3.18. The van der Waals surface area contributed by atoms with Crippen LogP contribution in [0.3, 0.4) is 0 Å². The molecule has 0 spiro atoms. The van der Waals surface area contributed by atoms with Gasteiger partial charge in [-0.3, -0.25) is 4.79 Å². The number of nitrogens with zero attached hydrogens (tertiary/aromatic N) is 1. The molecule has 0 aromatic heterocycles. The van der Waals surface area contributed by atoms with Crippen molar-refractivity contribution >= 4 is 17.7 Å². The topological polar surface area (TPSA) is 62.1 Å². The number of para-hydroxylation sites is 1. The van der Waals surface area contributed by atoms with Gasteiger partial charge in [-0.15, -0.1) is 0 Å². The van der Waals surface area contributed by atoms with Gasteiger partial charge in [0.05, 0.1) is 5.56 Å². The van der Waals surface area contributed by atoms with Crippen molar-refractivity contribution in [2.75, 3.05) is 12.9 Å². The fraction of sp³-hybridized carbons (Fsp3) is 0.467. The molecule has 4 nitrogen and oxygen atoms in total. The van der Waals surface area contributed by atoms with Crippen molar-refractivity contribution in [1.82, 2.24) is 5.32 Å². The van der Waals surface area contributed by atoms with Crippen molar-refractivity contribution in [3.8, 4) is 11.8 Å². The van der Waals surface area contributed by atoms with E-state index in [0.29, 0.717) is 16.6 Å². The Labute approximate surface area is 123 Å². The first-order valence-electron chi connectivity index (χ1n) is 6.67. The van der Waals surface area contributed by atoms with Gasteiger partial charge in [0.25, 0.3) is 5.91 Å². The van der Waals surface area contributed by atoms with Crippen LogP contribution in [0, 0.1) is 11.3 Å². The zero-order valence-electron chi connectivity index (χ0n) is 11.5. The zero-order chi connectivity index (χ0) is 14.4. The molecule has 1 aliphatic rings. The predicted molar refractivity (Wildman–Crippen MR) is 79.7 cm³/mol. The number of carbonyl (C=O) groups excluding carboxylic acids is 1. The Morgan fingerprint density at radius 2 is 2.30 bits per heavy atom. The quantitative estimate of drug-likeness (QED) is 0.904. The summed E-state index contributed by atoms with van der Waals surface area (Å²) in [6.07, 6.45) is 5.33. The summed E-state index contributed by atoms with van der Waals surface area (Å²) in [6.45, 7) is -0.0425. The van der Waals surface area contributed by atoms with E-state index < -0.39 is 0 Å². The minimum absolute atomic E-state index is 0.0425. The number of thioether (sulfide) groups is 1. The molecule has 106 valence electrons. The SMILES string of the molecule is CSC1CCC(NC(=O)COc2ccccc2C#N)C1. The predicted octanol–water partition coefficient (Wildman–Crippen LogP) is 2.34. The van der Waals surface area contributed by atoms with Crippen LogP contribution < -0.4 is 10.1 Å². The van der Waals surface area contributed by atoms with E-state index in [1.54, 1.807) is 24.3 Å². The number of ether oxygens (including phenoxy) is 1. The van der Waals surface area contributed by atoms with Gasteiger partial charge in [-0.05, 0) is 37.7 Å². The highest BCUT2D eigenvalue weighted by molar-refractivity contribution is 7.99. The highest BCUT2D eigenvalue weighted by Crippen LogP contribution is 2.28. The van der Waals surface area contributed by atoms with Gasteiger partial charge in [-0.1, -0.05) is 12.1 Å². The normalized spacial score (nSPS) is 21.2. The third kappa shape index (κ3) is 3.91. The molecule has 2 atom stereocenters. The first kappa shape index (κ1) is 14.7. The molecular formula is C15H18N2O2S. The molecule has 0 radical (unpaired) electrons. The number of nitrogens with one attached hydrogen (secondary N) is 1. The molecule has 0 saturated heterocycles. The van der Waals surface area contributed by atoms with Crippen LogP contribution in [0.4, 0.5) is 0 Å². The third-order valence-electron chi connectivity index (χ3n) is 3.45. The molecular weight excluding hydrogens is 272 g/mol. The highest BCUT2D eigenvalue weighted by atomic mass is 32.2. The molecule has 1 amide bonds. The van der Waals surface area contributed by atoms with E-state index in [2.05, 4.69) is 11.6 Å². The largest absolute Gasteiger partial charge is 0.482 e. The third-order valence-corrected chi connectivity index (χ3v) is 4.54. The standard InChI is InChI=1S/C15H18N2O2S/c1-20-13-7-6-12(8-13)17-15(18)10-19-14-5-3-2-4-11(14)9-16/h2-5,12-13H,6-8,10H2,1H3,(H,17,18). The summed E-state index contributed by atoms with van der Waals surface area (Å²) in [5.41, 5.74) is 0.448. The van der Waals surface area contributed by atoms with Crippen LogP contribution in [-0.2, 0) is 4.79 Å². The maximum absolute atomic E-state index is 11.8. The summed E-state index contributed by atoms with van der Waals surface area (Å²) in [7, 11) is 0. The lowest BCUT2D eigenvalue weighted by Gasteiger charge is -2.13. The lowest BCUT2D eigenvalue weighted by molar-refractivity contribution is -0.123. The maximum Gasteiger partial charge on any atom is 0.258 e. The molecule has 1 fully saturated rings. The van der Waals surface area contributed by atoms with Crippen molar-refractivity contribution in [2.24, 2.45) is 0 Å².